The number of carboxylic acid groups (broad SMARTS) is 1. The number of aromatic carboxylic acids is 1. The Morgan fingerprint density at radius 2 is 2.36 bits per heavy atom. The first-order valence-corrected chi connectivity index (χ1v) is 6.99. The summed E-state index contributed by atoms with van der Waals surface area (Å²) in [5, 5.41) is 16.5. The number of hydrogen-bond acceptors (Lipinski definition) is 5. The second-order valence-electron chi connectivity index (χ2n) is 4.82. The highest BCUT2D eigenvalue weighted by atomic mass is 19.1. The number of hydrogen-bond donors (Lipinski definition) is 2. The molecule has 8 heteroatoms. The Labute approximate surface area is 125 Å². The molecule has 3 heterocycles. The fourth-order valence-corrected chi connectivity index (χ4v) is 2.40. The summed E-state index contributed by atoms with van der Waals surface area (Å²) in [6, 6.07) is 3.06. The lowest BCUT2D eigenvalue weighted by Gasteiger charge is -2.14. The highest BCUT2D eigenvalue weighted by Gasteiger charge is 2.29. The van der Waals surface area contributed by atoms with Gasteiger partial charge in [-0.1, -0.05) is 0 Å². The van der Waals surface area contributed by atoms with E-state index in [2.05, 4.69) is 15.4 Å². The average molecular weight is 306 g/mol. The molecule has 116 valence electrons. The van der Waals surface area contributed by atoms with E-state index in [1.807, 2.05) is 6.92 Å². The topological polar surface area (TPSA) is 89.3 Å². The number of carboxylic acids is 1. The Hall–Kier alpha value is -2.64. The molecule has 0 aromatic carbocycles. The molecule has 1 aliphatic heterocycles. The van der Waals surface area contributed by atoms with Crippen LogP contribution in [0.1, 0.15) is 23.7 Å². The number of anilines is 1. The van der Waals surface area contributed by atoms with E-state index in [1.54, 1.807) is 6.07 Å². The first kappa shape index (κ1) is 14.3. The maximum Gasteiger partial charge on any atom is 0.343 e. The van der Waals surface area contributed by atoms with Crippen molar-refractivity contribution in [1.82, 2.24) is 14.8 Å². The van der Waals surface area contributed by atoms with Gasteiger partial charge in [0.05, 0.1) is 12.2 Å². The molecule has 3 rings (SSSR count). The normalized spacial score (nSPS) is 13.4. The summed E-state index contributed by atoms with van der Waals surface area (Å²) in [6.07, 6.45) is 0.729. The molecule has 0 saturated heterocycles. The third kappa shape index (κ3) is 2.36. The van der Waals surface area contributed by atoms with Gasteiger partial charge in [-0.15, -0.1) is 0 Å². The number of aryl methyl sites for hydroxylation is 1. The predicted octanol–water partition coefficient (Wildman–Crippen LogP) is 2.00. The Morgan fingerprint density at radius 1 is 1.55 bits per heavy atom. The summed E-state index contributed by atoms with van der Waals surface area (Å²) in [5.74, 6) is -1.41. The van der Waals surface area contributed by atoms with Gasteiger partial charge in [-0.25, -0.2) is 14.5 Å². The molecule has 0 amide bonds. The van der Waals surface area contributed by atoms with Crippen LogP contribution in [-0.4, -0.2) is 39.0 Å². The second kappa shape index (κ2) is 5.63. The number of carbonyl (C=O) groups is 1. The van der Waals surface area contributed by atoms with E-state index in [-0.39, 0.29) is 22.7 Å². The van der Waals surface area contributed by atoms with Crippen LogP contribution in [0.25, 0.3) is 11.3 Å². The fraction of sp³-hybridized carbons (Fsp3) is 0.357. The molecule has 0 fully saturated rings. The Morgan fingerprint density at radius 3 is 3.05 bits per heavy atom. The maximum absolute atomic E-state index is 14.2. The number of halogens is 1. The lowest BCUT2D eigenvalue weighted by molar-refractivity contribution is 0.0690. The smallest absolute Gasteiger partial charge is 0.343 e. The molecular weight excluding hydrogens is 291 g/mol. The summed E-state index contributed by atoms with van der Waals surface area (Å²) < 4.78 is 21.1. The molecule has 0 spiro atoms. The molecule has 7 nitrogen and oxygen atoms in total. The molecule has 0 aliphatic carbocycles. The van der Waals surface area contributed by atoms with Crippen LogP contribution < -0.4 is 10.1 Å². The number of rotatable bonds is 4. The summed E-state index contributed by atoms with van der Waals surface area (Å²) >= 11 is 0. The number of fused-ring (bicyclic) bond motifs is 1. The quantitative estimate of drug-likeness (QED) is 0.840. The van der Waals surface area contributed by atoms with E-state index in [0.29, 0.717) is 25.5 Å². The van der Waals surface area contributed by atoms with E-state index >= 15 is 0 Å². The van der Waals surface area contributed by atoms with Crippen molar-refractivity contribution in [3.63, 3.8) is 0 Å². The van der Waals surface area contributed by atoms with E-state index < -0.39 is 11.9 Å². The predicted molar refractivity (Wildman–Crippen MR) is 76.7 cm³/mol. The lowest BCUT2D eigenvalue weighted by atomic mass is 10.1. The van der Waals surface area contributed by atoms with Crippen molar-refractivity contribution in [1.29, 1.82) is 0 Å². The van der Waals surface area contributed by atoms with Gasteiger partial charge in [0.15, 0.2) is 0 Å². The third-order valence-electron chi connectivity index (χ3n) is 3.33. The zero-order valence-corrected chi connectivity index (χ0v) is 12.0. The molecule has 0 bridgehead atoms. The van der Waals surface area contributed by atoms with Gasteiger partial charge in [0.25, 0.3) is 0 Å². The molecule has 0 saturated carbocycles. The zero-order valence-electron chi connectivity index (χ0n) is 12.0. The van der Waals surface area contributed by atoms with Gasteiger partial charge >= 0.3 is 5.97 Å². The SMILES string of the molecule is CCNc1ccc(-c2nn3c(c2C(=O)O)OCCC3)c(F)n1. The number of nitrogens with zero attached hydrogens (tertiary/aromatic N) is 3. The van der Waals surface area contributed by atoms with Crippen LogP contribution in [0, 0.1) is 5.95 Å². The van der Waals surface area contributed by atoms with E-state index in [9.17, 15) is 14.3 Å². The standard InChI is InChI=1S/C14H15FN4O3/c1-2-16-9-5-4-8(12(15)17-9)11-10(14(20)21)13-19(18-11)6-3-7-22-13/h4-5H,2-3,6-7H2,1H3,(H,16,17)(H,20,21). The van der Waals surface area contributed by atoms with Crippen LogP contribution in [0.15, 0.2) is 12.1 Å². The summed E-state index contributed by atoms with van der Waals surface area (Å²) in [4.78, 5) is 15.3. The molecule has 0 radical (unpaired) electrons. The third-order valence-corrected chi connectivity index (χ3v) is 3.33. The van der Waals surface area contributed by atoms with Gasteiger partial charge in [-0.3, -0.25) is 0 Å². The number of nitrogens with one attached hydrogen (secondary N) is 1. The van der Waals surface area contributed by atoms with Crippen LogP contribution in [0.3, 0.4) is 0 Å². The van der Waals surface area contributed by atoms with Crippen molar-refractivity contribution in [2.75, 3.05) is 18.5 Å². The molecule has 2 N–H and O–H groups in total. The van der Waals surface area contributed by atoms with E-state index in [0.717, 1.165) is 6.42 Å². The minimum Gasteiger partial charge on any atom is -0.477 e. The number of ether oxygens (including phenoxy) is 1. The second-order valence-corrected chi connectivity index (χ2v) is 4.82. The number of pyridine rings is 1. The monoisotopic (exact) mass is 306 g/mol. The van der Waals surface area contributed by atoms with Gasteiger partial charge in [-0.2, -0.15) is 9.49 Å². The summed E-state index contributed by atoms with van der Waals surface area (Å²) in [7, 11) is 0. The Bertz CT molecular complexity index is 729. The van der Waals surface area contributed by atoms with Gasteiger partial charge in [0.1, 0.15) is 17.1 Å². The van der Waals surface area contributed by atoms with Gasteiger partial charge in [0, 0.05) is 19.5 Å². The molecule has 0 unspecified atom stereocenters. The molecule has 2 aromatic rings. The Kier molecular flexibility index (Phi) is 3.66. The van der Waals surface area contributed by atoms with Crippen LogP contribution in [0.5, 0.6) is 5.88 Å². The van der Waals surface area contributed by atoms with Crippen molar-refractivity contribution in [2.45, 2.75) is 19.9 Å². The van der Waals surface area contributed by atoms with Crippen molar-refractivity contribution in [2.24, 2.45) is 0 Å². The highest BCUT2D eigenvalue weighted by Crippen LogP contribution is 2.33. The van der Waals surface area contributed by atoms with Crippen LogP contribution in [-0.2, 0) is 6.54 Å². The molecule has 22 heavy (non-hydrogen) atoms. The van der Waals surface area contributed by atoms with Crippen molar-refractivity contribution >= 4 is 11.8 Å². The summed E-state index contributed by atoms with van der Waals surface area (Å²) in [5.41, 5.74) is -0.0430. The minimum atomic E-state index is -1.20. The first-order valence-electron chi connectivity index (χ1n) is 6.99. The highest BCUT2D eigenvalue weighted by molar-refractivity contribution is 5.97. The van der Waals surface area contributed by atoms with Crippen molar-refractivity contribution in [3.05, 3.63) is 23.6 Å². The molecular formula is C14H15FN4O3. The van der Waals surface area contributed by atoms with Crippen molar-refractivity contribution < 1.29 is 19.0 Å². The van der Waals surface area contributed by atoms with E-state index in [4.69, 9.17) is 4.74 Å². The fourth-order valence-electron chi connectivity index (χ4n) is 2.40. The van der Waals surface area contributed by atoms with Gasteiger partial charge in [-0.05, 0) is 19.1 Å². The lowest BCUT2D eigenvalue weighted by Crippen LogP contribution is -2.16. The van der Waals surface area contributed by atoms with Crippen LogP contribution >= 0.6 is 0 Å². The van der Waals surface area contributed by atoms with Crippen LogP contribution in [0.4, 0.5) is 10.2 Å². The first-order chi connectivity index (χ1) is 10.6. The van der Waals surface area contributed by atoms with Gasteiger partial charge < -0.3 is 15.2 Å². The average Bonchev–Trinajstić information content (AvgIpc) is 2.86. The van der Waals surface area contributed by atoms with E-state index in [1.165, 1.54) is 10.7 Å². The maximum atomic E-state index is 14.2. The largest absolute Gasteiger partial charge is 0.477 e. The number of aromatic nitrogens is 3. The van der Waals surface area contributed by atoms with Crippen molar-refractivity contribution in [3.8, 4) is 17.1 Å². The molecule has 2 aromatic heterocycles. The molecule has 1 aliphatic rings. The summed E-state index contributed by atoms with van der Waals surface area (Å²) in [6.45, 7) is 3.45. The minimum absolute atomic E-state index is 0.0393. The zero-order chi connectivity index (χ0) is 15.7. The van der Waals surface area contributed by atoms with Crippen LogP contribution in [0.2, 0.25) is 0 Å². The Balaban J connectivity index is 2.12. The van der Waals surface area contributed by atoms with Gasteiger partial charge in [0.2, 0.25) is 11.8 Å². The molecule has 0 atom stereocenters.